The summed E-state index contributed by atoms with van der Waals surface area (Å²) in [6, 6.07) is 10.9. The van der Waals surface area contributed by atoms with Gasteiger partial charge in [-0.05, 0) is 49.4 Å². The Morgan fingerprint density at radius 3 is 2.81 bits per heavy atom. The second-order valence-corrected chi connectivity index (χ2v) is 8.21. The lowest BCUT2D eigenvalue weighted by Gasteiger charge is -2.32. The molecule has 0 unspecified atom stereocenters. The number of carbonyl (C=O) groups excluding carboxylic acids is 1. The number of nitrogens with zero attached hydrogens (tertiary/aromatic N) is 2. The van der Waals surface area contributed by atoms with Crippen LogP contribution in [0.1, 0.15) is 18.9 Å². The Hall–Kier alpha value is -1.95. The van der Waals surface area contributed by atoms with Crippen molar-refractivity contribution in [2.75, 3.05) is 30.9 Å². The summed E-state index contributed by atoms with van der Waals surface area (Å²) in [7, 11) is 4.27. The van der Waals surface area contributed by atoms with E-state index in [1.54, 1.807) is 18.2 Å². The molecule has 0 aromatic heterocycles. The molecule has 2 aliphatic heterocycles. The van der Waals surface area contributed by atoms with E-state index in [4.69, 9.17) is 27.9 Å². The van der Waals surface area contributed by atoms with Crippen LogP contribution in [0.2, 0.25) is 10.0 Å². The summed E-state index contributed by atoms with van der Waals surface area (Å²) in [5.74, 6) is 0.509. The molecule has 2 atom stereocenters. The fraction of sp³-hybridized carbons (Fsp3) is 0.350. The van der Waals surface area contributed by atoms with Crippen LogP contribution >= 0.6 is 23.2 Å². The zero-order valence-electron chi connectivity index (χ0n) is 15.4. The normalized spacial score (nSPS) is 23.9. The van der Waals surface area contributed by atoms with E-state index in [9.17, 15) is 4.79 Å². The van der Waals surface area contributed by atoms with Gasteiger partial charge < -0.3 is 9.64 Å². The van der Waals surface area contributed by atoms with Crippen LogP contribution in [-0.2, 0) is 5.41 Å². The topological polar surface area (TPSA) is 44.8 Å². The molecule has 0 radical (unpaired) electrons. The monoisotopic (exact) mass is 405 g/mol. The highest BCUT2D eigenvalue weighted by Crippen LogP contribution is 2.51. The molecular weight excluding hydrogens is 385 g/mol. The van der Waals surface area contributed by atoms with Gasteiger partial charge in [-0.25, -0.2) is 4.79 Å². The molecule has 0 bridgehead atoms. The highest BCUT2D eigenvalue weighted by molar-refractivity contribution is 6.43. The number of carbonyl (C=O) groups is 1. The molecule has 0 saturated carbocycles. The van der Waals surface area contributed by atoms with Gasteiger partial charge in [-0.2, -0.15) is 0 Å². The van der Waals surface area contributed by atoms with E-state index in [1.807, 2.05) is 18.2 Å². The third kappa shape index (κ3) is 2.94. The average molecular weight is 406 g/mol. The fourth-order valence-corrected chi connectivity index (χ4v) is 4.81. The number of likely N-dealkylation sites (N-methyl/N-ethyl adjacent to an activating group) is 2. The van der Waals surface area contributed by atoms with Crippen LogP contribution in [0.15, 0.2) is 36.4 Å². The molecular formula is C20H21Cl2N3O2. The van der Waals surface area contributed by atoms with Gasteiger partial charge in [-0.1, -0.05) is 36.2 Å². The number of halogens is 2. The van der Waals surface area contributed by atoms with E-state index in [1.165, 1.54) is 11.3 Å². The van der Waals surface area contributed by atoms with E-state index in [-0.39, 0.29) is 10.4 Å². The maximum Gasteiger partial charge on any atom is 0.417 e. The molecule has 2 heterocycles. The summed E-state index contributed by atoms with van der Waals surface area (Å²) in [5, 5.41) is 3.31. The fourth-order valence-electron chi connectivity index (χ4n) is 4.46. The van der Waals surface area contributed by atoms with Crippen molar-refractivity contribution in [1.29, 1.82) is 0 Å². The largest absolute Gasteiger partial charge is 0.417 e. The quantitative estimate of drug-likeness (QED) is 0.765. The highest BCUT2D eigenvalue weighted by Gasteiger charge is 2.52. The molecule has 1 amide bonds. The van der Waals surface area contributed by atoms with Crippen LogP contribution in [0, 0.1) is 0 Å². The number of fused-ring (bicyclic) bond motifs is 3. The van der Waals surface area contributed by atoms with E-state index in [0.29, 0.717) is 22.6 Å². The number of amides is 1. The van der Waals surface area contributed by atoms with E-state index in [2.05, 4.69) is 36.1 Å². The smallest absolute Gasteiger partial charge is 0.410 e. The molecule has 0 aliphatic carbocycles. The molecule has 2 aliphatic rings. The summed E-state index contributed by atoms with van der Waals surface area (Å²) >= 11 is 12.1. The Balaban J connectivity index is 1.56. The molecule has 2 aromatic rings. The van der Waals surface area contributed by atoms with Gasteiger partial charge in [0.1, 0.15) is 5.75 Å². The minimum Gasteiger partial charge on any atom is -0.410 e. The van der Waals surface area contributed by atoms with Crippen molar-refractivity contribution in [3.8, 4) is 5.75 Å². The zero-order chi connectivity index (χ0) is 19.3. The number of anilines is 2. The average Bonchev–Trinajstić information content (AvgIpc) is 3.05. The van der Waals surface area contributed by atoms with Gasteiger partial charge in [0.25, 0.3) is 0 Å². The lowest BCUT2D eigenvalue weighted by atomic mass is 9.81. The molecule has 7 heteroatoms. The number of hydrogen-bond acceptors (Lipinski definition) is 4. The van der Waals surface area contributed by atoms with E-state index < -0.39 is 6.09 Å². The predicted molar refractivity (Wildman–Crippen MR) is 109 cm³/mol. The van der Waals surface area contributed by atoms with Crippen molar-refractivity contribution in [3.05, 3.63) is 52.0 Å². The minimum atomic E-state index is -0.601. The van der Waals surface area contributed by atoms with Crippen molar-refractivity contribution >= 4 is 40.7 Å². The van der Waals surface area contributed by atoms with Gasteiger partial charge >= 0.3 is 6.09 Å². The standard InChI is InChI=1S/C20H21Cl2N3O2/c1-20-9-10-24(2)18(20)25(3)16-8-7-12(11-13(16)20)27-19(26)23-15-6-4-5-14(21)17(15)22/h4-8,11,18H,9-10H2,1-3H3,(H,23,26)/t18-,20+/m1/s1. The van der Waals surface area contributed by atoms with Crippen LogP contribution in [0.4, 0.5) is 16.2 Å². The maximum absolute atomic E-state index is 12.3. The lowest BCUT2D eigenvalue weighted by molar-refractivity contribution is 0.215. The van der Waals surface area contributed by atoms with Gasteiger partial charge in [0.05, 0.1) is 21.9 Å². The Labute approximate surface area is 168 Å². The lowest BCUT2D eigenvalue weighted by Crippen LogP contribution is -2.45. The van der Waals surface area contributed by atoms with Crippen molar-refractivity contribution < 1.29 is 9.53 Å². The molecule has 1 saturated heterocycles. The predicted octanol–water partition coefficient (Wildman–Crippen LogP) is 4.97. The Morgan fingerprint density at radius 1 is 1.26 bits per heavy atom. The van der Waals surface area contributed by atoms with Gasteiger partial charge in [0.15, 0.2) is 0 Å². The summed E-state index contributed by atoms with van der Waals surface area (Å²) < 4.78 is 5.51. The number of likely N-dealkylation sites (tertiary alicyclic amines) is 1. The molecule has 142 valence electrons. The molecule has 27 heavy (non-hydrogen) atoms. The second kappa shape index (κ2) is 6.59. The first-order chi connectivity index (χ1) is 12.8. The van der Waals surface area contributed by atoms with E-state index in [0.717, 1.165) is 13.0 Å². The van der Waals surface area contributed by atoms with Gasteiger partial charge in [-0.3, -0.25) is 10.2 Å². The molecule has 0 spiro atoms. The first-order valence-corrected chi connectivity index (χ1v) is 9.57. The summed E-state index contributed by atoms with van der Waals surface area (Å²) in [5.41, 5.74) is 2.83. The summed E-state index contributed by atoms with van der Waals surface area (Å²) in [6.07, 6.45) is 0.789. The van der Waals surface area contributed by atoms with Gasteiger partial charge in [0.2, 0.25) is 0 Å². The SMILES string of the molecule is CN1CC[C@@]2(C)c3cc(OC(=O)Nc4cccc(Cl)c4Cl)ccc3N(C)[C@@H]12. The van der Waals surface area contributed by atoms with Crippen molar-refractivity contribution in [1.82, 2.24) is 4.90 Å². The summed E-state index contributed by atoms with van der Waals surface area (Å²) in [6.45, 7) is 3.32. The number of ether oxygens (including phenoxy) is 1. The van der Waals surface area contributed by atoms with Gasteiger partial charge in [0, 0.05) is 24.7 Å². The maximum atomic E-state index is 12.3. The highest BCUT2D eigenvalue weighted by atomic mass is 35.5. The Bertz CT molecular complexity index is 920. The van der Waals surface area contributed by atoms with Crippen LogP contribution < -0.4 is 15.0 Å². The van der Waals surface area contributed by atoms with Crippen LogP contribution in [0.5, 0.6) is 5.75 Å². The third-order valence-corrected chi connectivity index (χ3v) is 6.52. The number of nitrogens with one attached hydrogen (secondary N) is 1. The van der Waals surface area contributed by atoms with Crippen molar-refractivity contribution in [2.24, 2.45) is 0 Å². The number of benzene rings is 2. The molecule has 1 fully saturated rings. The van der Waals surface area contributed by atoms with Crippen LogP contribution in [0.3, 0.4) is 0 Å². The van der Waals surface area contributed by atoms with Crippen LogP contribution in [-0.4, -0.2) is 37.8 Å². The second-order valence-electron chi connectivity index (χ2n) is 7.43. The molecule has 2 aromatic carbocycles. The number of hydrogen-bond donors (Lipinski definition) is 1. The molecule has 4 rings (SSSR count). The number of rotatable bonds is 2. The minimum absolute atomic E-state index is 0.0188. The zero-order valence-corrected chi connectivity index (χ0v) is 16.9. The first kappa shape index (κ1) is 18.4. The van der Waals surface area contributed by atoms with Crippen molar-refractivity contribution in [2.45, 2.75) is 24.9 Å². The molecule has 1 N–H and O–H groups in total. The first-order valence-electron chi connectivity index (χ1n) is 8.82. The summed E-state index contributed by atoms with van der Waals surface area (Å²) in [4.78, 5) is 17.0. The Kier molecular flexibility index (Phi) is 4.49. The third-order valence-electron chi connectivity index (χ3n) is 5.70. The van der Waals surface area contributed by atoms with E-state index >= 15 is 0 Å². The van der Waals surface area contributed by atoms with Gasteiger partial charge in [-0.15, -0.1) is 0 Å². The molecule has 5 nitrogen and oxygen atoms in total. The Morgan fingerprint density at radius 2 is 2.04 bits per heavy atom. The van der Waals surface area contributed by atoms with Crippen LogP contribution in [0.25, 0.3) is 0 Å². The van der Waals surface area contributed by atoms with Crippen molar-refractivity contribution in [3.63, 3.8) is 0 Å².